The first kappa shape index (κ1) is 14.4. The Morgan fingerprint density at radius 2 is 1.95 bits per heavy atom. The van der Waals surface area contributed by atoms with Gasteiger partial charge in [-0.3, -0.25) is 4.72 Å². The van der Waals surface area contributed by atoms with Gasteiger partial charge in [-0.2, -0.15) is 0 Å². The van der Waals surface area contributed by atoms with Gasteiger partial charge in [-0.1, -0.05) is 0 Å². The number of phenols is 1. The molecular weight excluding hydrogens is 302 g/mol. The van der Waals surface area contributed by atoms with Gasteiger partial charge in [-0.25, -0.2) is 13.2 Å². The van der Waals surface area contributed by atoms with Crippen LogP contribution in [-0.4, -0.2) is 24.6 Å². The van der Waals surface area contributed by atoms with E-state index in [-0.39, 0.29) is 15.5 Å². The van der Waals surface area contributed by atoms with Gasteiger partial charge in [0, 0.05) is 10.9 Å². The second kappa shape index (κ2) is 5.14. The Morgan fingerprint density at radius 3 is 2.45 bits per heavy atom. The van der Waals surface area contributed by atoms with Gasteiger partial charge in [-0.15, -0.1) is 11.3 Å². The van der Waals surface area contributed by atoms with Crippen LogP contribution in [0.4, 0.5) is 5.69 Å². The highest BCUT2D eigenvalue weighted by Crippen LogP contribution is 2.26. The van der Waals surface area contributed by atoms with Crippen LogP contribution in [0.1, 0.15) is 15.2 Å². The smallest absolute Gasteiger partial charge is 0.339 e. The van der Waals surface area contributed by atoms with Gasteiger partial charge in [0.25, 0.3) is 10.0 Å². The Labute approximate surface area is 119 Å². The lowest BCUT2D eigenvalue weighted by atomic mass is 10.2. The molecule has 20 heavy (non-hydrogen) atoms. The lowest BCUT2D eigenvalue weighted by Crippen LogP contribution is -2.11. The molecule has 0 spiro atoms. The molecule has 1 heterocycles. The van der Waals surface area contributed by atoms with Crippen molar-refractivity contribution in [3.8, 4) is 5.75 Å². The number of anilines is 1. The molecule has 2 rings (SSSR count). The predicted octanol–water partition coefficient (Wildman–Crippen LogP) is 2.26. The monoisotopic (exact) mass is 313 g/mol. The fourth-order valence-corrected chi connectivity index (χ4v) is 3.87. The Hall–Kier alpha value is -2.06. The molecule has 0 aliphatic heterocycles. The molecule has 0 amide bonds. The number of nitrogens with one attached hydrogen (secondary N) is 1. The molecule has 0 bridgehead atoms. The molecule has 0 atom stereocenters. The van der Waals surface area contributed by atoms with E-state index >= 15 is 0 Å². The van der Waals surface area contributed by atoms with Crippen LogP contribution in [0.15, 0.2) is 34.5 Å². The second-order valence-electron chi connectivity index (χ2n) is 4.01. The number of carboxylic acids is 1. The summed E-state index contributed by atoms with van der Waals surface area (Å²) in [6, 6.07) is 6.63. The average molecular weight is 313 g/mol. The molecule has 3 N–H and O–H groups in total. The first-order chi connectivity index (χ1) is 9.29. The summed E-state index contributed by atoms with van der Waals surface area (Å²) in [4.78, 5) is 11.6. The fourth-order valence-electron chi connectivity index (χ4n) is 1.54. The summed E-state index contributed by atoms with van der Waals surface area (Å²) in [6.45, 7) is 1.79. The molecule has 0 radical (unpaired) electrons. The topological polar surface area (TPSA) is 104 Å². The van der Waals surface area contributed by atoms with Gasteiger partial charge in [-0.05, 0) is 31.2 Å². The number of sulfonamides is 1. The third kappa shape index (κ3) is 2.91. The molecule has 0 unspecified atom stereocenters. The van der Waals surface area contributed by atoms with Crippen LogP contribution in [0.2, 0.25) is 0 Å². The molecule has 0 aliphatic rings. The van der Waals surface area contributed by atoms with E-state index in [0.717, 1.165) is 28.3 Å². The minimum atomic E-state index is -3.73. The van der Waals surface area contributed by atoms with Crippen molar-refractivity contribution >= 4 is 33.0 Å². The van der Waals surface area contributed by atoms with Gasteiger partial charge in [0.05, 0.1) is 5.69 Å². The summed E-state index contributed by atoms with van der Waals surface area (Å²) >= 11 is 1.12. The molecular formula is C12H11NO5S2. The van der Waals surface area contributed by atoms with Crippen LogP contribution in [0, 0.1) is 6.92 Å². The molecule has 2 aromatic rings. The Bertz CT molecular complexity index is 764. The standard InChI is InChI=1S/C12H11NO5S2/c1-7-2-5-11(19-7)20(17,18)13-8-3-4-9(12(15)16)10(14)6-8/h2-6,13-14H,1H3,(H,15,16). The van der Waals surface area contributed by atoms with E-state index in [1.807, 2.05) is 0 Å². The quantitative estimate of drug-likeness (QED) is 0.803. The number of hydrogen-bond donors (Lipinski definition) is 3. The van der Waals surface area contributed by atoms with E-state index in [9.17, 15) is 18.3 Å². The van der Waals surface area contributed by atoms with Crippen molar-refractivity contribution < 1.29 is 23.4 Å². The molecule has 1 aromatic heterocycles. The van der Waals surface area contributed by atoms with Crippen molar-refractivity contribution in [1.82, 2.24) is 0 Å². The minimum Gasteiger partial charge on any atom is -0.507 e. The summed E-state index contributed by atoms with van der Waals surface area (Å²) in [5.41, 5.74) is -0.196. The molecule has 0 aliphatic carbocycles. The second-order valence-corrected chi connectivity index (χ2v) is 7.20. The fraction of sp³-hybridized carbons (Fsp3) is 0.0833. The zero-order chi connectivity index (χ0) is 14.9. The molecule has 0 saturated heterocycles. The highest BCUT2D eigenvalue weighted by atomic mass is 32.2. The maximum absolute atomic E-state index is 12.0. The lowest BCUT2D eigenvalue weighted by molar-refractivity contribution is 0.0694. The predicted molar refractivity (Wildman–Crippen MR) is 74.9 cm³/mol. The summed E-state index contributed by atoms with van der Waals surface area (Å²) in [5, 5.41) is 18.3. The molecule has 0 saturated carbocycles. The van der Waals surface area contributed by atoms with Crippen molar-refractivity contribution in [2.24, 2.45) is 0 Å². The van der Waals surface area contributed by atoms with E-state index in [2.05, 4.69) is 4.72 Å². The summed E-state index contributed by atoms with van der Waals surface area (Å²) in [6.07, 6.45) is 0. The van der Waals surface area contributed by atoms with Gasteiger partial charge in [0.15, 0.2) is 0 Å². The van der Waals surface area contributed by atoms with Crippen LogP contribution >= 0.6 is 11.3 Å². The largest absolute Gasteiger partial charge is 0.507 e. The van der Waals surface area contributed by atoms with E-state index in [4.69, 9.17) is 5.11 Å². The average Bonchev–Trinajstić information content (AvgIpc) is 2.75. The maximum Gasteiger partial charge on any atom is 0.339 e. The third-order valence-electron chi connectivity index (χ3n) is 2.46. The van der Waals surface area contributed by atoms with Crippen LogP contribution in [-0.2, 0) is 10.0 Å². The third-order valence-corrected chi connectivity index (χ3v) is 5.33. The maximum atomic E-state index is 12.0. The van der Waals surface area contributed by atoms with E-state index in [1.165, 1.54) is 12.1 Å². The van der Waals surface area contributed by atoms with Crippen LogP contribution in [0.25, 0.3) is 0 Å². The number of thiophene rings is 1. The molecule has 1 aromatic carbocycles. The highest BCUT2D eigenvalue weighted by Gasteiger charge is 2.17. The van der Waals surface area contributed by atoms with Crippen LogP contribution < -0.4 is 4.72 Å². The Kier molecular flexibility index (Phi) is 3.69. The van der Waals surface area contributed by atoms with E-state index in [1.54, 1.807) is 13.0 Å². The SMILES string of the molecule is Cc1ccc(S(=O)(=O)Nc2ccc(C(=O)O)c(O)c2)s1. The van der Waals surface area contributed by atoms with Gasteiger partial charge < -0.3 is 10.2 Å². The highest BCUT2D eigenvalue weighted by molar-refractivity contribution is 7.94. The summed E-state index contributed by atoms with van der Waals surface area (Å²) in [7, 11) is -3.73. The molecule has 6 nitrogen and oxygen atoms in total. The molecule has 0 fully saturated rings. The van der Waals surface area contributed by atoms with Crippen molar-refractivity contribution in [3.05, 3.63) is 40.8 Å². The number of benzene rings is 1. The molecule has 106 valence electrons. The number of carbonyl (C=O) groups is 1. The number of aromatic carboxylic acids is 1. The zero-order valence-corrected chi connectivity index (χ0v) is 12.0. The van der Waals surface area contributed by atoms with Crippen LogP contribution in [0.3, 0.4) is 0 Å². The summed E-state index contributed by atoms with van der Waals surface area (Å²) < 4.78 is 26.5. The minimum absolute atomic E-state index is 0.0959. The van der Waals surface area contributed by atoms with Crippen LogP contribution in [0.5, 0.6) is 5.75 Å². The first-order valence-corrected chi connectivity index (χ1v) is 7.75. The van der Waals surface area contributed by atoms with Crippen molar-refractivity contribution in [1.29, 1.82) is 0 Å². The van der Waals surface area contributed by atoms with Gasteiger partial charge >= 0.3 is 5.97 Å². The first-order valence-electron chi connectivity index (χ1n) is 5.45. The van der Waals surface area contributed by atoms with Gasteiger partial charge in [0.2, 0.25) is 0 Å². The number of aryl methyl sites for hydroxylation is 1. The van der Waals surface area contributed by atoms with Gasteiger partial charge in [0.1, 0.15) is 15.5 Å². The Balaban J connectivity index is 2.30. The van der Waals surface area contributed by atoms with E-state index in [0.29, 0.717) is 0 Å². The number of carboxylic acid groups (broad SMARTS) is 1. The summed E-state index contributed by atoms with van der Waals surface area (Å²) in [5.74, 6) is -1.79. The Morgan fingerprint density at radius 1 is 1.25 bits per heavy atom. The number of rotatable bonds is 4. The van der Waals surface area contributed by atoms with Crippen molar-refractivity contribution in [3.63, 3.8) is 0 Å². The zero-order valence-electron chi connectivity index (χ0n) is 10.3. The lowest BCUT2D eigenvalue weighted by Gasteiger charge is -2.07. The number of aromatic hydroxyl groups is 1. The molecule has 8 heteroatoms. The van der Waals surface area contributed by atoms with Crippen molar-refractivity contribution in [2.45, 2.75) is 11.1 Å². The normalized spacial score (nSPS) is 11.2. The van der Waals surface area contributed by atoms with Crippen molar-refractivity contribution in [2.75, 3.05) is 4.72 Å². The number of hydrogen-bond acceptors (Lipinski definition) is 5. The van der Waals surface area contributed by atoms with E-state index < -0.39 is 21.7 Å².